The Hall–Kier alpha value is -0.610. The van der Waals surface area contributed by atoms with Crippen LogP contribution in [0.3, 0.4) is 0 Å². The summed E-state index contributed by atoms with van der Waals surface area (Å²) in [4.78, 5) is 13.4. The highest BCUT2D eigenvalue weighted by atomic mass is 16.1. The molecule has 4 heteroatoms. The van der Waals surface area contributed by atoms with E-state index < -0.39 is 5.54 Å². The standard InChI is InChI=1S/C9H19N3O/c1-9(11-2,8(10)13)6-12(3)7-4-5-7/h7,11H,4-6H2,1-3H3,(H2,10,13). The highest BCUT2D eigenvalue weighted by Gasteiger charge is 2.35. The second kappa shape index (κ2) is 3.64. The van der Waals surface area contributed by atoms with E-state index >= 15 is 0 Å². The molecule has 1 atom stereocenters. The maximum absolute atomic E-state index is 11.2. The molecule has 76 valence electrons. The van der Waals surface area contributed by atoms with E-state index in [0.717, 1.165) is 0 Å². The predicted molar refractivity (Wildman–Crippen MR) is 52.3 cm³/mol. The monoisotopic (exact) mass is 185 g/mol. The molecular weight excluding hydrogens is 166 g/mol. The van der Waals surface area contributed by atoms with E-state index in [0.29, 0.717) is 12.6 Å². The maximum Gasteiger partial charge on any atom is 0.238 e. The van der Waals surface area contributed by atoms with Gasteiger partial charge in [-0.3, -0.25) is 4.79 Å². The van der Waals surface area contributed by atoms with Gasteiger partial charge >= 0.3 is 0 Å². The Labute approximate surface area is 79.5 Å². The number of carbonyl (C=O) groups excluding carboxylic acids is 1. The van der Waals surface area contributed by atoms with Gasteiger partial charge in [0, 0.05) is 12.6 Å². The van der Waals surface area contributed by atoms with E-state index in [1.807, 2.05) is 14.0 Å². The van der Waals surface area contributed by atoms with E-state index in [1.54, 1.807) is 7.05 Å². The predicted octanol–water partition coefficient (Wildman–Crippen LogP) is -0.456. The molecule has 0 aromatic heterocycles. The molecule has 0 spiro atoms. The number of rotatable bonds is 5. The van der Waals surface area contributed by atoms with Gasteiger partial charge in [0.1, 0.15) is 5.54 Å². The van der Waals surface area contributed by atoms with Crippen molar-refractivity contribution in [3.63, 3.8) is 0 Å². The lowest BCUT2D eigenvalue weighted by atomic mass is 10.0. The summed E-state index contributed by atoms with van der Waals surface area (Å²) in [7, 11) is 3.81. The van der Waals surface area contributed by atoms with Crippen molar-refractivity contribution in [1.82, 2.24) is 10.2 Å². The molecule has 0 radical (unpaired) electrons. The summed E-state index contributed by atoms with van der Waals surface area (Å²) < 4.78 is 0. The molecule has 13 heavy (non-hydrogen) atoms. The number of hydrogen-bond donors (Lipinski definition) is 2. The molecule has 1 aliphatic carbocycles. The lowest BCUT2D eigenvalue weighted by Gasteiger charge is -2.30. The summed E-state index contributed by atoms with van der Waals surface area (Å²) in [6.45, 7) is 2.53. The molecule has 1 unspecified atom stereocenters. The van der Waals surface area contributed by atoms with Crippen molar-refractivity contribution in [2.45, 2.75) is 31.3 Å². The number of likely N-dealkylation sites (N-methyl/N-ethyl adjacent to an activating group) is 2. The smallest absolute Gasteiger partial charge is 0.238 e. The number of hydrogen-bond acceptors (Lipinski definition) is 3. The average molecular weight is 185 g/mol. The minimum absolute atomic E-state index is 0.289. The molecule has 4 nitrogen and oxygen atoms in total. The van der Waals surface area contributed by atoms with Crippen molar-refractivity contribution in [3.05, 3.63) is 0 Å². The van der Waals surface area contributed by atoms with Gasteiger partial charge in [-0.15, -0.1) is 0 Å². The van der Waals surface area contributed by atoms with Crippen molar-refractivity contribution < 1.29 is 4.79 Å². The Morgan fingerprint density at radius 3 is 2.54 bits per heavy atom. The summed E-state index contributed by atoms with van der Waals surface area (Å²) in [5, 5.41) is 2.98. The third kappa shape index (κ3) is 2.42. The van der Waals surface area contributed by atoms with Gasteiger partial charge in [-0.25, -0.2) is 0 Å². The van der Waals surface area contributed by atoms with Crippen molar-refractivity contribution in [2.24, 2.45) is 5.73 Å². The van der Waals surface area contributed by atoms with E-state index in [2.05, 4.69) is 10.2 Å². The number of amides is 1. The van der Waals surface area contributed by atoms with Gasteiger partial charge < -0.3 is 16.0 Å². The van der Waals surface area contributed by atoms with Crippen molar-refractivity contribution >= 4 is 5.91 Å². The number of nitrogens with zero attached hydrogens (tertiary/aromatic N) is 1. The molecule has 3 N–H and O–H groups in total. The zero-order valence-electron chi connectivity index (χ0n) is 8.63. The summed E-state index contributed by atoms with van der Waals surface area (Å²) >= 11 is 0. The molecule has 0 aliphatic heterocycles. The minimum atomic E-state index is -0.600. The Kier molecular flexibility index (Phi) is 2.93. The first-order valence-electron chi connectivity index (χ1n) is 4.68. The second-order valence-electron chi connectivity index (χ2n) is 4.09. The second-order valence-corrected chi connectivity index (χ2v) is 4.09. The first kappa shape index (κ1) is 10.5. The number of nitrogens with one attached hydrogen (secondary N) is 1. The Morgan fingerprint density at radius 1 is 1.69 bits per heavy atom. The molecule has 0 aromatic carbocycles. The first-order valence-corrected chi connectivity index (χ1v) is 4.68. The van der Waals surface area contributed by atoms with Crippen molar-refractivity contribution in [3.8, 4) is 0 Å². The lowest BCUT2D eigenvalue weighted by Crippen LogP contribution is -2.58. The molecule has 0 heterocycles. The molecular formula is C9H19N3O. The van der Waals surface area contributed by atoms with E-state index in [9.17, 15) is 4.79 Å². The van der Waals surface area contributed by atoms with Crippen LogP contribution < -0.4 is 11.1 Å². The SMILES string of the molecule is CNC(C)(CN(C)C1CC1)C(N)=O. The van der Waals surface area contributed by atoms with Crippen LogP contribution in [0.4, 0.5) is 0 Å². The molecule has 0 saturated heterocycles. The molecule has 1 amide bonds. The third-order valence-corrected chi connectivity index (χ3v) is 2.83. The first-order chi connectivity index (χ1) is 5.99. The summed E-state index contributed by atoms with van der Waals surface area (Å²) in [5.41, 5.74) is 4.72. The fourth-order valence-corrected chi connectivity index (χ4v) is 1.42. The third-order valence-electron chi connectivity index (χ3n) is 2.83. The van der Waals surface area contributed by atoms with Crippen LogP contribution in [0, 0.1) is 0 Å². The van der Waals surface area contributed by atoms with Crippen LogP contribution >= 0.6 is 0 Å². The Morgan fingerprint density at radius 2 is 2.23 bits per heavy atom. The highest BCUT2D eigenvalue weighted by Crippen LogP contribution is 2.26. The highest BCUT2D eigenvalue weighted by molar-refractivity contribution is 5.84. The van der Waals surface area contributed by atoms with Crippen LogP contribution in [-0.2, 0) is 4.79 Å². The normalized spacial score (nSPS) is 21.5. The molecule has 0 bridgehead atoms. The zero-order valence-corrected chi connectivity index (χ0v) is 8.63. The zero-order chi connectivity index (χ0) is 10.1. The van der Waals surface area contributed by atoms with Gasteiger partial charge in [-0.2, -0.15) is 0 Å². The van der Waals surface area contributed by atoms with Gasteiger partial charge in [-0.1, -0.05) is 0 Å². The van der Waals surface area contributed by atoms with Crippen LogP contribution in [0.15, 0.2) is 0 Å². The lowest BCUT2D eigenvalue weighted by molar-refractivity contribution is -0.124. The van der Waals surface area contributed by atoms with Gasteiger partial charge in [-0.05, 0) is 33.9 Å². The van der Waals surface area contributed by atoms with Gasteiger partial charge in [0.25, 0.3) is 0 Å². The molecule has 1 fully saturated rings. The largest absolute Gasteiger partial charge is 0.368 e. The summed E-state index contributed by atoms with van der Waals surface area (Å²) in [6.07, 6.45) is 2.49. The minimum Gasteiger partial charge on any atom is -0.368 e. The van der Waals surface area contributed by atoms with Crippen LogP contribution in [-0.4, -0.2) is 43.0 Å². The quantitative estimate of drug-likeness (QED) is 0.609. The molecule has 1 aliphatic rings. The van der Waals surface area contributed by atoms with Gasteiger partial charge in [0.05, 0.1) is 0 Å². The van der Waals surface area contributed by atoms with Crippen molar-refractivity contribution in [1.29, 1.82) is 0 Å². The maximum atomic E-state index is 11.2. The average Bonchev–Trinajstić information content (AvgIpc) is 2.85. The van der Waals surface area contributed by atoms with Gasteiger partial charge in [0.15, 0.2) is 0 Å². The number of carbonyl (C=O) groups is 1. The fourth-order valence-electron chi connectivity index (χ4n) is 1.42. The molecule has 1 rings (SSSR count). The molecule has 1 saturated carbocycles. The Bertz CT molecular complexity index is 203. The number of primary amides is 1. The van der Waals surface area contributed by atoms with E-state index in [4.69, 9.17) is 5.73 Å². The fraction of sp³-hybridized carbons (Fsp3) is 0.889. The van der Waals surface area contributed by atoms with Crippen LogP contribution in [0.5, 0.6) is 0 Å². The van der Waals surface area contributed by atoms with Crippen LogP contribution in [0.2, 0.25) is 0 Å². The Balaban J connectivity index is 2.50. The molecule has 0 aromatic rings. The number of nitrogens with two attached hydrogens (primary N) is 1. The van der Waals surface area contributed by atoms with Gasteiger partial charge in [0.2, 0.25) is 5.91 Å². The van der Waals surface area contributed by atoms with Crippen molar-refractivity contribution in [2.75, 3.05) is 20.6 Å². The van der Waals surface area contributed by atoms with E-state index in [1.165, 1.54) is 12.8 Å². The van der Waals surface area contributed by atoms with Crippen LogP contribution in [0.1, 0.15) is 19.8 Å². The summed E-state index contributed by atoms with van der Waals surface area (Å²) in [6, 6.07) is 0.659. The topological polar surface area (TPSA) is 58.4 Å². The summed E-state index contributed by atoms with van der Waals surface area (Å²) in [5.74, 6) is -0.289. The van der Waals surface area contributed by atoms with E-state index in [-0.39, 0.29) is 5.91 Å². The van der Waals surface area contributed by atoms with Crippen LogP contribution in [0.25, 0.3) is 0 Å².